The minimum atomic E-state index is 0.551. The van der Waals surface area contributed by atoms with Gasteiger partial charge in [-0.15, -0.1) is 5.73 Å². The molecule has 1 unspecified atom stereocenters. The Kier molecular flexibility index (Phi) is 4.05. The van der Waals surface area contributed by atoms with E-state index >= 15 is 0 Å². The summed E-state index contributed by atoms with van der Waals surface area (Å²) in [7, 11) is 0. The Morgan fingerprint density at radius 1 is 1.54 bits per heavy atom. The van der Waals surface area contributed by atoms with Gasteiger partial charge in [-0.2, -0.15) is 0 Å². The third kappa shape index (κ3) is 2.60. The third-order valence-electron chi connectivity index (χ3n) is 2.96. The summed E-state index contributed by atoms with van der Waals surface area (Å²) in [6.45, 7) is 8.15. The molecule has 0 aromatic carbocycles. The Bertz CT molecular complexity index is 231. The molecule has 13 heavy (non-hydrogen) atoms. The van der Waals surface area contributed by atoms with Crippen LogP contribution in [0.25, 0.3) is 0 Å². The lowest BCUT2D eigenvalue weighted by atomic mass is 9.92. The van der Waals surface area contributed by atoms with Crippen LogP contribution in [0.5, 0.6) is 0 Å². The molecular formula is C13H20. The SMILES string of the molecule is C=C=CC(C)C(CC)=C1CCCC1. The topological polar surface area (TPSA) is 0 Å². The lowest BCUT2D eigenvalue weighted by molar-refractivity contribution is 0.779. The molecule has 1 aliphatic carbocycles. The van der Waals surface area contributed by atoms with Crippen LogP contribution in [0.3, 0.4) is 0 Å². The summed E-state index contributed by atoms with van der Waals surface area (Å²) in [4.78, 5) is 0. The van der Waals surface area contributed by atoms with Gasteiger partial charge in [0, 0.05) is 5.92 Å². The molecule has 1 aliphatic rings. The van der Waals surface area contributed by atoms with Gasteiger partial charge in [-0.25, -0.2) is 0 Å². The van der Waals surface area contributed by atoms with Crippen LogP contribution in [0.4, 0.5) is 0 Å². The highest BCUT2D eigenvalue weighted by Crippen LogP contribution is 2.31. The van der Waals surface area contributed by atoms with Gasteiger partial charge in [0.1, 0.15) is 0 Å². The van der Waals surface area contributed by atoms with Crippen molar-refractivity contribution in [1.82, 2.24) is 0 Å². The van der Waals surface area contributed by atoms with E-state index in [2.05, 4.69) is 32.2 Å². The molecule has 0 aromatic rings. The average Bonchev–Trinajstić information content (AvgIpc) is 2.59. The number of rotatable bonds is 3. The fourth-order valence-electron chi connectivity index (χ4n) is 2.29. The highest BCUT2D eigenvalue weighted by molar-refractivity contribution is 5.21. The fourth-order valence-corrected chi connectivity index (χ4v) is 2.29. The van der Waals surface area contributed by atoms with E-state index in [0.29, 0.717) is 5.92 Å². The van der Waals surface area contributed by atoms with Crippen LogP contribution in [0.1, 0.15) is 46.0 Å². The van der Waals surface area contributed by atoms with E-state index in [-0.39, 0.29) is 0 Å². The van der Waals surface area contributed by atoms with Crippen LogP contribution < -0.4 is 0 Å². The van der Waals surface area contributed by atoms with Gasteiger partial charge < -0.3 is 0 Å². The molecule has 0 heteroatoms. The minimum absolute atomic E-state index is 0.551. The molecule has 72 valence electrons. The van der Waals surface area contributed by atoms with Gasteiger partial charge in [0.15, 0.2) is 0 Å². The van der Waals surface area contributed by atoms with Gasteiger partial charge >= 0.3 is 0 Å². The molecule has 0 saturated heterocycles. The van der Waals surface area contributed by atoms with Gasteiger partial charge in [-0.1, -0.05) is 31.6 Å². The molecular weight excluding hydrogens is 156 g/mol. The second-order valence-electron chi connectivity index (χ2n) is 3.85. The predicted octanol–water partition coefficient (Wildman–Crippen LogP) is 4.24. The summed E-state index contributed by atoms with van der Waals surface area (Å²) in [6.07, 6.45) is 8.72. The molecule has 1 atom stereocenters. The molecule has 0 bridgehead atoms. The number of allylic oxidation sites excluding steroid dienone is 3. The van der Waals surface area contributed by atoms with Crippen molar-refractivity contribution in [3.8, 4) is 0 Å². The Morgan fingerprint density at radius 2 is 2.15 bits per heavy atom. The molecule has 0 nitrogen and oxygen atoms in total. The van der Waals surface area contributed by atoms with Gasteiger partial charge in [0.05, 0.1) is 0 Å². The van der Waals surface area contributed by atoms with Crippen LogP contribution >= 0.6 is 0 Å². The van der Waals surface area contributed by atoms with E-state index in [9.17, 15) is 0 Å². The van der Waals surface area contributed by atoms with Crippen molar-refractivity contribution >= 4 is 0 Å². The minimum Gasteiger partial charge on any atom is -0.132 e. The monoisotopic (exact) mass is 176 g/mol. The molecule has 0 radical (unpaired) electrons. The van der Waals surface area contributed by atoms with Crippen LogP contribution in [-0.4, -0.2) is 0 Å². The van der Waals surface area contributed by atoms with Gasteiger partial charge in [0.2, 0.25) is 0 Å². The molecule has 0 N–H and O–H groups in total. The van der Waals surface area contributed by atoms with Gasteiger partial charge in [0.25, 0.3) is 0 Å². The van der Waals surface area contributed by atoms with Crippen molar-refractivity contribution in [2.45, 2.75) is 46.0 Å². The predicted molar refractivity (Wildman–Crippen MR) is 58.7 cm³/mol. The third-order valence-corrected chi connectivity index (χ3v) is 2.96. The lowest BCUT2D eigenvalue weighted by Crippen LogP contribution is -1.97. The largest absolute Gasteiger partial charge is 0.132 e. The van der Waals surface area contributed by atoms with E-state index in [1.54, 1.807) is 11.1 Å². The second-order valence-corrected chi connectivity index (χ2v) is 3.85. The fraction of sp³-hybridized carbons (Fsp3) is 0.615. The van der Waals surface area contributed by atoms with Crippen LogP contribution in [0.15, 0.2) is 29.5 Å². The first kappa shape index (κ1) is 10.3. The molecule has 1 saturated carbocycles. The first-order valence-corrected chi connectivity index (χ1v) is 5.36. The molecule has 0 spiro atoms. The summed E-state index contributed by atoms with van der Waals surface area (Å²) >= 11 is 0. The van der Waals surface area contributed by atoms with Crippen LogP contribution in [0.2, 0.25) is 0 Å². The summed E-state index contributed by atoms with van der Waals surface area (Å²) in [5.74, 6) is 0.551. The zero-order valence-electron chi connectivity index (χ0n) is 8.90. The maximum absolute atomic E-state index is 3.64. The van der Waals surface area contributed by atoms with E-state index in [0.717, 1.165) is 0 Å². The number of hydrogen-bond acceptors (Lipinski definition) is 0. The first-order chi connectivity index (χ1) is 6.29. The van der Waals surface area contributed by atoms with Crippen molar-refractivity contribution < 1.29 is 0 Å². The summed E-state index contributed by atoms with van der Waals surface area (Å²) < 4.78 is 0. The first-order valence-electron chi connectivity index (χ1n) is 5.36. The summed E-state index contributed by atoms with van der Waals surface area (Å²) in [5.41, 5.74) is 6.24. The van der Waals surface area contributed by atoms with Gasteiger partial charge in [-0.3, -0.25) is 0 Å². The Morgan fingerprint density at radius 3 is 2.62 bits per heavy atom. The standard InChI is InChI=1S/C13H20/c1-4-8-11(3)13(5-2)12-9-6-7-10-12/h8,11H,1,5-7,9-10H2,2-3H3. The average molecular weight is 176 g/mol. The number of hydrogen-bond donors (Lipinski definition) is 0. The van der Waals surface area contributed by atoms with E-state index in [4.69, 9.17) is 0 Å². The van der Waals surface area contributed by atoms with Crippen molar-refractivity contribution in [3.63, 3.8) is 0 Å². The summed E-state index contributed by atoms with van der Waals surface area (Å²) in [6, 6.07) is 0. The normalized spacial score (nSPS) is 18.2. The van der Waals surface area contributed by atoms with Crippen molar-refractivity contribution in [3.05, 3.63) is 29.5 Å². The molecule has 0 aliphatic heterocycles. The van der Waals surface area contributed by atoms with Crippen molar-refractivity contribution in [2.24, 2.45) is 5.92 Å². The Labute approximate surface area is 82.0 Å². The maximum Gasteiger partial charge on any atom is 0.00266 e. The Hall–Kier alpha value is -0.740. The highest BCUT2D eigenvalue weighted by atomic mass is 14.2. The zero-order chi connectivity index (χ0) is 9.68. The molecule has 1 fully saturated rings. The molecule has 1 rings (SSSR count). The van der Waals surface area contributed by atoms with Crippen molar-refractivity contribution in [1.29, 1.82) is 0 Å². The van der Waals surface area contributed by atoms with E-state index in [1.807, 2.05) is 0 Å². The quantitative estimate of drug-likeness (QED) is 0.445. The van der Waals surface area contributed by atoms with Crippen LogP contribution in [-0.2, 0) is 0 Å². The second kappa shape index (κ2) is 5.09. The Balaban J connectivity index is 2.81. The van der Waals surface area contributed by atoms with Gasteiger partial charge in [-0.05, 0) is 38.2 Å². The zero-order valence-corrected chi connectivity index (χ0v) is 8.90. The van der Waals surface area contributed by atoms with Crippen LogP contribution in [0, 0.1) is 5.92 Å². The van der Waals surface area contributed by atoms with Crippen molar-refractivity contribution in [2.75, 3.05) is 0 Å². The van der Waals surface area contributed by atoms with E-state index in [1.165, 1.54) is 32.1 Å². The summed E-state index contributed by atoms with van der Waals surface area (Å²) in [5, 5.41) is 0. The molecule has 0 amide bonds. The van der Waals surface area contributed by atoms with E-state index < -0.39 is 0 Å². The lowest BCUT2D eigenvalue weighted by Gasteiger charge is -2.13. The smallest absolute Gasteiger partial charge is 0.00266 e. The highest BCUT2D eigenvalue weighted by Gasteiger charge is 2.14. The maximum atomic E-state index is 3.64. The molecule has 0 heterocycles. The molecule has 0 aromatic heterocycles.